The number of aromatic amines is 1. The first kappa shape index (κ1) is 14.5. The van der Waals surface area contributed by atoms with Crippen LogP contribution in [0, 0.1) is 5.82 Å². The summed E-state index contributed by atoms with van der Waals surface area (Å²) in [5.41, 5.74) is 2.75. The van der Waals surface area contributed by atoms with Gasteiger partial charge in [0.2, 0.25) is 10.0 Å². The topological polar surface area (TPSA) is 53.2 Å². The molecule has 2 heterocycles. The largest absolute Gasteiger partial charge is 0.358 e. The molecule has 0 saturated heterocycles. The molecule has 1 aliphatic rings. The van der Waals surface area contributed by atoms with E-state index in [1.165, 1.54) is 12.1 Å². The van der Waals surface area contributed by atoms with Gasteiger partial charge in [0.05, 0.1) is 5.75 Å². The molecule has 6 heteroatoms. The fourth-order valence-electron chi connectivity index (χ4n) is 2.86. The molecule has 114 valence electrons. The van der Waals surface area contributed by atoms with Crippen LogP contribution in [0.2, 0.25) is 0 Å². The molecule has 2 aromatic rings. The van der Waals surface area contributed by atoms with Crippen LogP contribution < -0.4 is 0 Å². The quantitative estimate of drug-likeness (QED) is 0.944. The molecule has 0 fully saturated rings. The van der Waals surface area contributed by atoms with Gasteiger partial charge in [0, 0.05) is 36.1 Å². The fraction of sp³-hybridized carbons (Fsp3) is 0.467. The van der Waals surface area contributed by atoms with E-state index in [1.54, 1.807) is 10.4 Å². The zero-order valence-corrected chi connectivity index (χ0v) is 12.8. The van der Waals surface area contributed by atoms with Crippen LogP contribution in [0.25, 0.3) is 10.9 Å². The van der Waals surface area contributed by atoms with Crippen LogP contribution in [0.15, 0.2) is 18.2 Å². The van der Waals surface area contributed by atoms with E-state index in [2.05, 4.69) is 4.98 Å². The van der Waals surface area contributed by atoms with E-state index in [4.69, 9.17) is 0 Å². The monoisotopic (exact) mass is 310 g/mol. The summed E-state index contributed by atoms with van der Waals surface area (Å²) in [7, 11) is -3.20. The molecule has 0 saturated carbocycles. The Bertz CT molecular complexity index is 767. The SMILES string of the molecule is CCCCS(=O)(=O)N1CCc2[nH]c3cc(F)ccc3c2C1. The number of halogens is 1. The molecular weight excluding hydrogens is 291 g/mol. The van der Waals surface area contributed by atoms with Gasteiger partial charge < -0.3 is 4.98 Å². The molecule has 0 amide bonds. The minimum Gasteiger partial charge on any atom is -0.358 e. The summed E-state index contributed by atoms with van der Waals surface area (Å²) in [6, 6.07) is 4.60. The highest BCUT2D eigenvalue weighted by atomic mass is 32.2. The Hall–Kier alpha value is -1.40. The van der Waals surface area contributed by atoms with E-state index in [9.17, 15) is 12.8 Å². The molecule has 1 N–H and O–H groups in total. The lowest BCUT2D eigenvalue weighted by atomic mass is 10.1. The molecule has 0 aliphatic carbocycles. The van der Waals surface area contributed by atoms with Crippen molar-refractivity contribution >= 4 is 20.9 Å². The Balaban J connectivity index is 1.93. The van der Waals surface area contributed by atoms with E-state index in [0.29, 0.717) is 25.9 Å². The van der Waals surface area contributed by atoms with Crippen LogP contribution in [-0.2, 0) is 23.0 Å². The lowest BCUT2D eigenvalue weighted by molar-refractivity contribution is 0.390. The number of nitrogens with one attached hydrogen (secondary N) is 1. The van der Waals surface area contributed by atoms with Crippen molar-refractivity contribution in [2.45, 2.75) is 32.7 Å². The third-order valence-corrected chi connectivity index (χ3v) is 5.95. The molecule has 0 atom stereocenters. The number of nitrogens with zero attached hydrogens (tertiary/aromatic N) is 1. The summed E-state index contributed by atoms with van der Waals surface area (Å²) in [6.07, 6.45) is 2.20. The van der Waals surface area contributed by atoms with Crippen LogP contribution in [0.1, 0.15) is 31.0 Å². The molecule has 3 rings (SSSR count). The number of hydrogen-bond acceptors (Lipinski definition) is 2. The van der Waals surface area contributed by atoms with Crippen molar-refractivity contribution in [2.24, 2.45) is 0 Å². The minimum absolute atomic E-state index is 0.204. The van der Waals surface area contributed by atoms with Crippen LogP contribution in [0.3, 0.4) is 0 Å². The number of unbranched alkanes of at least 4 members (excludes halogenated alkanes) is 1. The zero-order chi connectivity index (χ0) is 15.0. The number of H-pyrrole nitrogens is 1. The van der Waals surface area contributed by atoms with Gasteiger partial charge in [-0.05, 0) is 30.2 Å². The standard InChI is InChI=1S/C15H19FN2O2S/c1-2-3-8-21(19,20)18-7-6-14-13(10-18)12-5-4-11(16)9-15(12)17-14/h4-5,9,17H,2-3,6-8,10H2,1H3. The molecule has 21 heavy (non-hydrogen) atoms. The third-order valence-electron chi connectivity index (χ3n) is 4.05. The highest BCUT2D eigenvalue weighted by Gasteiger charge is 2.28. The summed E-state index contributed by atoms with van der Waals surface area (Å²) >= 11 is 0. The number of aromatic nitrogens is 1. The Kier molecular flexibility index (Phi) is 3.75. The van der Waals surface area contributed by atoms with Crippen molar-refractivity contribution in [1.29, 1.82) is 0 Å². The lowest BCUT2D eigenvalue weighted by Gasteiger charge is -2.26. The summed E-state index contributed by atoms with van der Waals surface area (Å²) in [5, 5.41) is 0.918. The van der Waals surface area contributed by atoms with Gasteiger partial charge in [-0.25, -0.2) is 12.8 Å². The molecule has 1 aliphatic heterocycles. The summed E-state index contributed by atoms with van der Waals surface area (Å²) in [5.74, 6) is -0.0796. The normalized spacial score (nSPS) is 16.3. The molecule has 0 radical (unpaired) electrons. The van der Waals surface area contributed by atoms with Crippen molar-refractivity contribution < 1.29 is 12.8 Å². The van der Waals surface area contributed by atoms with Crippen LogP contribution >= 0.6 is 0 Å². The van der Waals surface area contributed by atoms with Crippen molar-refractivity contribution in [1.82, 2.24) is 9.29 Å². The number of rotatable bonds is 4. The number of fused-ring (bicyclic) bond motifs is 3. The molecule has 0 bridgehead atoms. The minimum atomic E-state index is -3.20. The maximum absolute atomic E-state index is 13.3. The van der Waals surface area contributed by atoms with Crippen molar-refractivity contribution in [3.8, 4) is 0 Å². The van der Waals surface area contributed by atoms with Crippen LogP contribution in [0.5, 0.6) is 0 Å². The van der Waals surface area contributed by atoms with Gasteiger partial charge >= 0.3 is 0 Å². The smallest absolute Gasteiger partial charge is 0.214 e. The Labute approximate surface area is 124 Å². The van der Waals surface area contributed by atoms with Crippen molar-refractivity contribution in [2.75, 3.05) is 12.3 Å². The first-order valence-electron chi connectivity index (χ1n) is 7.28. The van der Waals surface area contributed by atoms with Gasteiger partial charge in [-0.3, -0.25) is 0 Å². The highest BCUT2D eigenvalue weighted by molar-refractivity contribution is 7.89. The van der Waals surface area contributed by atoms with Crippen molar-refractivity contribution in [3.05, 3.63) is 35.3 Å². The predicted molar refractivity (Wildman–Crippen MR) is 81.1 cm³/mol. The van der Waals surface area contributed by atoms with E-state index >= 15 is 0 Å². The molecule has 4 nitrogen and oxygen atoms in total. The van der Waals surface area contributed by atoms with Gasteiger partial charge in [-0.2, -0.15) is 4.31 Å². The summed E-state index contributed by atoms with van der Waals surface area (Å²) in [4.78, 5) is 3.21. The van der Waals surface area contributed by atoms with E-state index in [-0.39, 0.29) is 11.6 Å². The Morgan fingerprint density at radius 3 is 2.95 bits per heavy atom. The molecule has 0 unspecified atom stereocenters. The molecule has 0 spiro atoms. The average molecular weight is 310 g/mol. The maximum Gasteiger partial charge on any atom is 0.214 e. The van der Waals surface area contributed by atoms with Crippen LogP contribution in [-0.4, -0.2) is 30.0 Å². The second-order valence-corrected chi connectivity index (χ2v) is 7.61. The second kappa shape index (κ2) is 5.42. The van der Waals surface area contributed by atoms with Gasteiger partial charge in [0.1, 0.15) is 5.82 Å². The van der Waals surface area contributed by atoms with E-state index in [1.807, 2.05) is 6.92 Å². The first-order chi connectivity index (χ1) is 10.0. The average Bonchev–Trinajstić information content (AvgIpc) is 2.81. The zero-order valence-electron chi connectivity index (χ0n) is 12.0. The van der Waals surface area contributed by atoms with E-state index in [0.717, 1.165) is 28.6 Å². The Morgan fingerprint density at radius 2 is 2.19 bits per heavy atom. The fourth-order valence-corrected chi connectivity index (χ4v) is 4.47. The maximum atomic E-state index is 13.3. The third kappa shape index (κ3) is 2.70. The summed E-state index contributed by atoms with van der Waals surface area (Å²) < 4.78 is 39.5. The lowest BCUT2D eigenvalue weighted by Crippen LogP contribution is -2.37. The van der Waals surface area contributed by atoms with Crippen molar-refractivity contribution in [3.63, 3.8) is 0 Å². The van der Waals surface area contributed by atoms with Gasteiger partial charge in [0.25, 0.3) is 0 Å². The van der Waals surface area contributed by atoms with Crippen LogP contribution in [0.4, 0.5) is 4.39 Å². The molecule has 1 aromatic heterocycles. The van der Waals surface area contributed by atoms with Gasteiger partial charge in [-0.1, -0.05) is 13.3 Å². The summed E-state index contributed by atoms with van der Waals surface area (Å²) in [6.45, 7) is 2.86. The Morgan fingerprint density at radius 1 is 1.38 bits per heavy atom. The number of sulfonamides is 1. The first-order valence-corrected chi connectivity index (χ1v) is 8.89. The predicted octanol–water partition coefficient (Wildman–Crippen LogP) is 2.80. The number of benzene rings is 1. The highest BCUT2D eigenvalue weighted by Crippen LogP contribution is 2.29. The van der Waals surface area contributed by atoms with E-state index < -0.39 is 10.0 Å². The molecule has 1 aromatic carbocycles. The molecular formula is C15H19FN2O2S. The van der Waals surface area contributed by atoms with Gasteiger partial charge in [0.15, 0.2) is 0 Å². The number of hydrogen-bond donors (Lipinski definition) is 1. The van der Waals surface area contributed by atoms with Gasteiger partial charge in [-0.15, -0.1) is 0 Å². The second-order valence-electron chi connectivity index (χ2n) is 5.53.